The quantitative estimate of drug-likeness (QED) is 0.552. The maximum atomic E-state index is 12.0. The average Bonchev–Trinajstić information content (AvgIpc) is 2.90. The van der Waals surface area contributed by atoms with Crippen molar-refractivity contribution in [2.75, 3.05) is 12.3 Å². The fourth-order valence-corrected chi connectivity index (χ4v) is 1.77. The molecule has 0 aliphatic carbocycles. The van der Waals surface area contributed by atoms with Gasteiger partial charge in [0.05, 0.1) is 5.56 Å². The highest BCUT2D eigenvalue weighted by molar-refractivity contribution is 5.99. The number of hydrogen-bond acceptors (Lipinski definition) is 4. The number of anilines is 1. The number of carbonyl (C=O) groups is 1. The van der Waals surface area contributed by atoms with Gasteiger partial charge >= 0.3 is 0 Å². The van der Waals surface area contributed by atoms with Crippen LogP contribution in [0.15, 0.2) is 24.5 Å². The second-order valence-electron chi connectivity index (χ2n) is 4.38. The zero-order valence-electron chi connectivity index (χ0n) is 10.8. The normalized spacial score (nSPS) is 10.4. The van der Waals surface area contributed by atoms with Crippen LogP contribution in [-0.4, -0.2) is 27.6 Å². The van der Waals surface area contributed by atoms with E-state index in [1.165, 1.54) is 6.33 Å². The number of aromatic amines is 1. The Morgan fingerprint density at radius 1 is 1.47 bits per heavy atom. The summed E-state index contributed by atoms with van der Waals surface area (Å²) < 4.78 is 0. The summed E-state index contributed by atoms with van der Waals surface area (Å²) in [7, 11) is 0. The topological polar surface area (TPSA) is 96.7 Å². The molecular formula is C13H17N5O. The van der Waals surface area contributed by atoms with E-state index in [9.17, 15) is 4.79 Å². The fraction of sp³-hybridized carbons (Fsp3) is 0.308. The summed E-state index contributed by atoms with van der Waals surface area (Å²) in [6.07, 6.45) is 3.03. The molecule has 1 amide bonds. The highest BCUT2D eigenvalue weighted by atomic mass is 16.1. The van der Waals surface area contributed by atoms with Crippen LogP contribution in [0.4, 0.5) is 5.69 Å². The highest BCUT2D eigenvalue weighted by Crippen LogP contribution is 2.13. The van der Waals surface area contributed by atoms with E-state index in [-0.39, 0.29) is 5.91 Å². The number of benzene rings is 1. The summed E-state index contributed by atoms with van der Waals surface area (Å²) in [6.45, 7) is 2.51. The van der Waals surface area contributed by atoms with Gasteiger partial charge in [0.1, 0.15) is 12.2 Å². The van der Waals surface area contributed by atoms with E-state index in [4.69, 9.17) is 5.73 Å². The Kier molecular flexibility index (Phi) is 4.12. The van der Waals surface area contributed by atoms with Crippen LogP contribution in [-0.2, 0) is 6.42 Å². The average molecular weight is 259 g/mol. The van der Waals surface area contributed by atoms with Gasteiger partial charge in [0.2, 0.25) is 0 Å². The van der Waals surface area contributed by atoms with Crippen molar-refractivity contribution in [2.24, 2.45) is 0 Å². The van der Waals surface area contributed by atoms with E-state index in [2.05, 4.69) is 20.5 Å². The predicted molar refractivity (Wildman–Crippen MR) is 72.6 cm³/mol. The van der Waals surface area contributed by atoms with Gasteiger partial charge in [-0.15, -0.1) is 0 Å². The molecular weight excluding hydrogens is 242 g/mol. The van der Waals surface area contributed by atoms with Gasteiger partial charge in [-0.1, -0.05) is 11.6 Å². The van der Waals surface area contributed by atoms with Crippen LogP contribution in [0.3, 0.4) is 0 Å². The molecule has 0 spiro atoms. The molecule has 0 unspecified atom stereocenters. The monoisotopic (exact) mass is 259 g/mol. The van der Waals surface area contributed by atoms with Crippen LogP contribution in [0.2, 0.25) is 0 Å². The van der Waals surface area contributed by atoms with E-state index >= 15 is 0 Å². The molecule has 0 atom stereocenters. The predicted octanol–water partition coefficient (Wildman–Crippen LogP) is 1.06. The number of nitrogens with zero attached hydrogens (tertiary/aromatic N) is 2. The lowest BCUT2D eigenvalue weighted by atomic mass is 10.1. The smallest absolute Gasteiger partial charge is 0.253 e. The van der Waals surface area contributed by atoms with E-state index in [1.54, 1.807) is 12.1 Å². The number of H-pyrrole nitrogens is 1. The Balaban J connectivity index is 1.82. The second kappa shape index (κ2) is 5.99. The minimum atomic E-state index is -0.140. The molecule has 0 saturated carbocycles. The Hall–Kier alpha value is -2.37. The van der Waals surface area contributed by atoms with Crippen molar-refractivity contribution in [3.63, 3.8) is 0 Å². The van der Waals surface area contributed by atoms with Crippen molar-refractivity contribution in [2.45, 2.75) is 19.8 Å². The Morgan fingerprint density at radius 2 is 2.32 bits per heavy atom. The first-order valence-electron chi connectivity index (χ1n) is 6.15. The summed E-state index contributed by atoms with van der Waals surface area (Å²) in [5.41, 5.74) is 7.83. The van der Waals surface area contributed by atoms with Gasteiger partial charge in [-0.05, 0) is 25.5 Å². The van der Waals surface area contributed by atoms with Crippen LogP contribution in [0, 0.1) is 6.92 Å². The number of aryl methyl sites for hydroxylation is 2. The number of amides is 1. The molecule has 0 radical (unpaired) electrons. The number of hydrogen-bond donors (Lipinski definition) is 3. The number of carbonyl (C=O) groups excluding carboxylic acids is 1. The summed E-state index contributed by atoms with van der Waals surface area (Å²) in [5.74, 6) is 0.683. The van der Waals surface area contributed by atoms with Gasteiger partial charge in [0, 0.05) is 18.7 Å². The van der Waals surface area contributed by atoms with E-state index in [0.717, 1.165) is 24.2 Å². The lowest BCUT2D eigenvalue weighted by molar-refractivity contribution is 0.0954. The Labute approximate surface area is 111 Å². The number of rotatable bonds is 5. The van der Waals surface area contributed by atoms with Crippen LogP contribution in [0.1, 0.15) is 28.2 Å². The van der Waals surface area contributed by atoms with Gasteiger partial charge < -0.3 is 11.1 Å². The largest absolute Gasteiger partial charge is 0.398 e. The van der Waals surface area contributed by atoms with Gasteiger partial charge in [0.25, 0.3) is 5.91 Å². The highest BCUT2D eigenvalue weighted by Gasteiger charge is 2.09. The Morgan fingerprint density at radius 3 is 3.05 bits per heavy atom. The van der Waals surface area contributed by atoms with Crippen LogP contribution in [0.5, 0.6) is 0 Å². The van der Waals surface area contributed by atoms with Gasteiger partial charge in [0.15, 0.2) is 0 Å². The van der Waals surface area contributed by atoms with Crippen LogP contribution < -0.4 is 11.1 Å². The third-order valence-electron chi connectivity index (χ3n) is 2.79. The Bertz CT molecular complexity index is 550. The van der Waals surface area contributed by atoms with Crippen molar-refractivity contribution in [1.29, 1.82) is 0 Å². The first-order chi connectivity index (χ1) is 9.16. The molecule has 2 aromatic rings. The molecule has 1 heterocycles. The van der Waals surface area contributed by atoms with E-state index in [0.29, 0.717) is 17.8 Å². The molecule has 6 nitrogen and oxygen atoms in total. The van der Waals surface area contributed by atoms with Crippen LogP contribution in [0.25, 0.3) is 0 Å². The first kappa shape index (κ1) is 13.1. The zero-order valence-corrected chi connectivity index (χ0v) is 10.8. The summed E-state index contributed by atoms with van der Waals surface area (Å²) >= 11 is 0. The van der Waals surface area contributed by atoms with Crippen molar-refractivity contribution >= 4 is 11.6 Å². The number of nitrogens with one attached hydrogen (secondary N) is 2. The maximum absolute atomic E-state index is 12.0. The van der Waals surface area contributed by atoms with Crippen LogP contribution >= 0.6 is 0 Å². The van der Waals surface area contributed by atoms with Crippen molar-refractivity contribution < 1.29 is 4.79 Å². The lowest BCUT2D eigenvalue weighted by Crippen LogP contribution is -2.25. The minimum absolute atomic E-state index is 0.140. The third kappa shape index (κ3) is 3.54. The number of nitrogen functional groups attached to an aromatic ring is 1. The van der Waals surface area contributed by atoms with Crippen molar-refractivity contribution in [3.8, 4) is 0 Å². The van der Waals surface area contributed by atoms with E-state index < -0.39 is 0 Å². The molecule has 6 heteroatoms. The first-order valence-corrected chi connectivity index (χ1v) is 6.15. The molecule has 0 aliphatic rings. The molecule has 100 valence electrons. The molecule has 1 aromatic heterocycles. The maximum Gasteiger partial charge on any atom is 0.253 e. The van der Waals surface area contributed by atoms with Gasteiger partial charge in [-0.3, -0.25) is 9.89 Å². The molecule has 1 aromatic carbocycles. The van der Waals surface area contributed by atoms with Gasteiger partial charge in [-0.2, -0.15) is 5.10 Å². The molecule has 0 saturated heterocycles. The molecule has 0 bridgehead atoms. The number of aromatic nitrogens is 3. The third-order valence-corrected chi connectivity index (χ3v) is 2.79. The second-order valence-corrected chi connectivity index (χ2v) is 4.38. The molecule has 0 aliphatic heterocycles. The minimum Gasteiger partial charge on any atom is -0.398 e. The standard InChI is InChI=1S/C13H17N5O/c1-9-4-5-11(14)10(7-9)13(19)15-6-2-3-12-16-8-17-18-12/h4-5,7-8H,2-3,6,14H2,1H3,(H,15,19)(H,16,17,18). The SMILES string of the molecule is Cc1ccc(N)c(C(=O)NCCCc2ncn[nH]2)c1. The fourth-order valence-electron chi connectivity index (χ4n) is 1.77. The summed E-state index contributed by atoms with van der Waals surface area (Å²) in [6, 6.07) is 5.43. The molecule has 19 heavy (non-hydrogen) atoms. The molecule has 0 fully saturated rings. The lowest BCUT2D eigenvalue weighted by Gasteiger charge is -2.08. The van der Waals surface area contributed by atoms with Crippen molar-refractivity contribution in [3.05, 3.63) is 41.5 Å². The zero-order chi connectivity index (χ0) is 13.7. The summed E-state index contributed by atoms with van der Waals surface area (Å²) in [5, 5.41) is 9.39. The summed E-state index contributed by atoms with van der Waals surface area (Å²) in [4.78, 5) is 16.0. The molecule has 4 N–H and O–H groups in total. The van der Waals surface area contributed by atoms with Crippen molar-refractivity contribution in [1.82, 2.24) is 20.5 Å². The van der Waals surface area contributed by atoms with Gasteiger partial charge in [-0.25, -0.2) is 4.98 Å². The number of nitrogens with two attached hydrogens (primary N) is 1. The van der Waals surface area contributed by atoms with E-state index in [1.807, 2.05) is 13.0 Å². The molecule has 2 rings (SSSR count).